The summed E-state index contributed by atoms with van der Waals surface area (Å²) in [4.78, 5) is 13.5. The van der Waals surface area contributed by atoms with Crippen LogP contribution in [0.25, 0.3) is 11.4 Å². The van der Waals surface area contributed by atoms with Gasteiger partial charge in [0.05, 0.1) is 17.6 Å². The minimum Gasteiger partial charge on any atom is -0.351 e. The van der Waals surface area contributed by atoms with Gasteiger partial charge in [-0.05, 0) is 52.5 Å². The van der Waals surface area contributed by atoms with Crippen LogP contribution in [0.2, 0.25) is 0 Å². The summed E-state index contributed by atoms with van der Waals surface area (Å²) in [6, 6.07) is 3.06. The lowest BCUT2D eigenvalue weighted by molar-refractivity contribution is 0.410. The highest BCUT2D eigenvalue weighted by Crippen LogP contribution is 2.24. The van der Waals surface area contributed by atoms with Crippen molar-refractivity contribution in [2.24, 2.45) is 5.73 Å². The molecule has 1 aliphatic rings. The lowest BCUT2D eigenvalue weighted by Gasteiger charge is -2.26. The maximum absolute atomic E-state index is 5.97. The Balaban J connectivity index is 1.80. The maximum Gasteiger partial charge on any atom is 0.223 e. The fourth-order valence-electron chi connectivity index (χ4n) is 3.31. The molecule has 0 aromatic carbocycles. The first-order valence-corrected chi connectivity index (χ1v) is 8.44. The molecule has 0 amide bonds. The van der Waals surface area contributed by atoms with E-state index in [1.54, 1.807) is 0 Å². The number of rotatable bonds is 4. The van der Waals surface area contributed by atoms with Gasteiger partial charge in [-0.2, -0.15) is 0 Å². The van der Waals surface area contributed by atoms with Crippen molar-refractivity contribution in [1.82, 2.24) is 19.5 Å². The molecule has 0 atom stereocenters. The topological polar surface area (TPSA) is 81.7 Å². The second kappa shape index (κ2) is 6.66. The Kier molecular flexibility index (Phi) is 4.61. The van der Waals surface area contributed by atoms with Gasteiger partial charge in [0.1, 0.15) is 5.82 Å². The van der Waals surface area contributed by atoms with E-state index in [4.69, 9.17) is 10.7 Å². The molecule has 6 nitrogen and oxygen atoms in total. The quantitative estimate of drug-likeness (QED) is 0.907. The minimum atomic E-state index is 0.346. The van der Waals surface area contributed by atoms with Crippen molar-refractivity contribution in [1.29, 1.82) is 0 Å². The number of hydrogen-bond donors (Lipinski definition) is 2. The molecule has 1 saturated carbocycles. The van der Waals surface area contributed by atoms with E-state index in [9.17, 15) is 0 Å². The molecule has 1 aliphatic carbocycles. The van der Waals surface area contributed by atoms with Crippen LogP contribution in [-0.4, -0.2) is 31.6 Å². The molecule has 0 spiro atoms. The summed E-state index contributed by atoms with van der Waals surface area (Å²) in [5.41, 5.74) is 7.91. The molecule has 0 aliphatic heterocycles. The highest BCUT2D eigenvalue weighted by molar-refractivity contribution is 5.56. The van der Waals surface area contributed by atoms with E-state index in [1.165, 1.54) is 0 Å². The molecular weight excluding hydrogens is 288 g/mol. The summed E-state index contributed by atoms with van der Waals surface area (Å²) >= 11 is 0. The van der Waals surface area contributed by atoms with Gasteiger partial charge in [-0.1, -0.05) is 0 Å². The third kappa shape index (κ3) is 3.52. The maximum atomic E-state index is 5.97. The molecule has 6 heteroatoms. The average Bonchev–Trinajstić information content (AvgIpc) is 2.92. The Morgan fingerprint density at radius 2 is 1.96 bits per heavy atom. The van der Waals surface area contributed by atoms with Crippen molar-refractivity contribution in [2.75, 3.05) is 5.32 Å². The molecule has 0 saturated heterocycles. The van der Waals surface area contributed by atoms with Gasteiger partial charge in [-0.15, -0.1) is 0 Å². The standard InChI is InChI=1S/C17H26N6/c1-11(2)23-12(3)20-10-16(23)15-8-9-19-17(22-15)21-14-6-4-13(18)5-7-14/h8-11,13-14H,4-7,18H2,1-3H3,(H,19,21,22)/t13-,14-. The zero-order chi connectivity index (χ0) is 16.4. The van der Waals surface area contributed by atoms with Gasteiger partial charge in [0, 0.05) is 24.3 Å². The highest BCUT2D eigenvalue weighted by atomic mass is 15.1. The van der Waals surface area contributed by atoms with Crippen molar-refractivity contribution in [3.05, 3.63) is 24.3 Å². The van der Waals surface area contributed by atoms with E-state index in [-0.39, 0.29) is 0 Å². The number of aryl methyl sites for hydroxylation is 1. The van der Waals surface area contributed by atoms with Crippen molar-refractivity contribution < 1.29 is 0 Å². The lowest BCUT2D eigenvalue weighted by atomic mass is 9.92. The number of nitrogens with zero attached hydrogens (tertiary/aromatic N) is 4. The normalized spacial score (nSPS) is 21.6. The summed E-state index contributed by atoms with van der Waals surface area (Å²) in [5.74, 6) is 1.70. The number of nitrogens with one attached hydrogen (secondary N) is 1. The van der Waals surface area contributed by atoms with Gasteiger partial charge < -0.3 is 15.6 Å². The van der Waals surface area contributed by atoms with Crippen LogP contribution in [0.4, 0.5) is 5.95 Å². The van der Waals surface area contributed by atoms with Gasteiger partial charge in [0.2, 0.25) is 5.95 Å². The largest absolute Gasteiger partial charge is 0.351 e. The van der Waals surface area contributed by atoms with Crippen LogP contribution in [0, 0.1) is 6.92 Å². The molecule has 1 fully saturated rings. The Morgan fingerprint density at radius 1 is 1.22 bits per heavy atom. The Morgan fingerprint density at radius 3 is 2.65 bits per heavy atom. The van der Waals surface area contributed by atoms with E-state index in [0.29, 0.717) is 24.1 Å². The molecule has 2 aromatic heterocycles. The Hall–Kier alpha value is -1.95. The summed E-state index contributed by atoms with van der Waals surface area (Å²) in [6.45, 7) is 6.34. The van der Waals surface area contributed by atoms with Crippen LogP contribution in [0.15, 0.2) is 18.5 Å². The highest BCUT2D eigenvalue weighted by Gasteiger charge is 2.19. The molecule has 2 heterocycles. The van der Waals surface area contributed by atoms with E-state index in [2.05, 4.69) is 33.7 Å². The zero-order valence-electron chi connectivity index (χ0n) is 14.2. The fraction of sp³-hybridized carbons (Fsp3) is 0.588. The first kappa shape index (κ1) is 15.9. The van der Waals surface area contributed by atoms with Crippen LogP contribution in [0.5, 0.6) is 0 Å². The fourth-order valence-corrected chi connectivity index (χ4v) is 3.31. The lowest BCUT2D eigenvalue weighted by Crippen LogP contribution is -2.33. The molecule has 23 heavy (non-hydrogen) atoms. The molecule has 0 bridgehead atoms. The van der Waals surface area contributed by atoms with Crippen molar-refractivity contribution >= 4 is 5.95 Å². The summed E-state index contributed by atoms with van der Waals surface area (Å²) in [7, 11) is 0. The third-order valence-electron chi connectivity index (χ3n) is 4.52. The Bertz CT molecular complexity index is 655. The van der Waals surface area contributed by atoms with Crippen LogP contribution in [0.1, 0.15) is 51.4 Å². The number of anilines is 1. The van der Waals surface area contributed by atoms with Crippen LogP contribution in [-0.2, 0) is 0 Å². The number of imidazole rings is 1. The zero-order valence-corrected chi connectivity index (χ0v) is 14.2. The SMILES string of the molecule is Cc1ncc(-c2ccnc(N[C@H]3CC[C@H](N)CC3)n2)n1C(C)C. The monoisotopic (exact) mass is 314 g/mol. The van der Waals surface area contributed by atoms with Crippen LogP contribution >= 0.6 is 0 Å². The molecule has 2 aromatic rings. The third-order valence-corrected chi connectivity index (χ3v) is 4.52. The van der Waals surface area contributed by atoms with Crippen molar-refractivity contribution in [3.8, 4) is 11.4 Å². The number of hydrogen-bond acceptors (Lipinski definition) is 5. The predicted molar refractivity (Wildman–Crippen MR) is 92.2 cm³/mol. The van der Waals surface area contributed by atoms with Crippen LogP contribution in [0.3, 0.4) is 0 Å². The van der Waals surface area contributed by atoms with Crippen molar-refractivity contribution in [2.45, 2.75) is 64.6 Å². The smallest absolute Gasteiger partial charge is 0.223 e. The van der Waals surface area contributed by atoms with E-state index < -0.39 is 0 Å². The average molecular weight is 314 g/mol. The number of aromatic nitrogens is 4. The van der Waals surface area contributed by atoms with Gasteiger partial charge >= 0.3 is 0 Å². The number of nitrogens with two attached hydrogens (primary N) is 1. The van der Waals surface area contributed by atoms with Gasteiger partial charge in [0.25, 0.3) is 0 Å². The first-order chi connectivity index (χ1) is 11.0. The second-order valence-electron chi connectivity index (χ2n) is 6.68. The van der Waals surface area contributed by atoms with E-state index >= 15 is 0 Å². The molecule has 3 rings (SSSR count). The van der Waals surface area contributed by atoms with Gasteiger partial charge in [0.15, 0.2) is 0 Å². The van der Waals surface area contributed by atoms with Gasteiger partial charge in [-0.3, -0.25) is 0 Å². The van der Waals surface area contributed by atoms with Gasteiger partial charge in [-0.25, -0.2) is 15.0 Å². The molecule has 124 valence electrons. The van der Waals surface area contributed by atoms with E-state index in [1.807, 2.05) is 25.4 Å². The van der Waals surface area contributed by atoms with Crippen molar-refractivity contribution in [3.63, 3.8) is 0 Å². The summed E-state index contributed by atoms with van der Waals surface area (Å²) in [6.07, 6.45) is 8.00. The summed E-state index contributed by atoms with van der Waals surface area (Å²) in [5, 5.41) is 3.46. The van der Waals surface area contributed by atoms with E-state index in [0.717, 1.165) is 42.9 Å². The first-order valence-electron chi connectivity index (χ1n) is 8.44. The summed E-state index contributed by atoms with van der Waals surface area (Å²) < 4.78 is 2.20. The molecule has 3 N–H and O–H groups in total. The van der Waals surface area contributed by atoms with Crippen LogP contribution < -0.4 is 11.1 Å². The molecule has 0 radical (unpaired) electrons. The molecular formula is C17H26N6. The Labute approximate surface area is 137 Å². The second-order valence-corrected chi connectivity index (χ2v) is 6.68. The predicted octanol–water partition coefficient (Wildman–Crippen LogP) is 2.91. The minimum absolute atomic E-state index is 0.346. The molecule has 0 unspecified atom stereocenters.